The second-order valence-electron chi connectivity index (χ2n) is 3.23. The standard InChI is InChI=1S/C10H10BrN3O2/c11-7-2-1-6(5-8(7)12)10-13-9(3-4-15)14-16-10/h1-2,5,15H,3-4,12H2. The van der Waals surface area contributed by atoms with Crippen LogP contribution in [0.4, 0.5) is 5.69 Å². The highest BCUT2D eigenvalue weighted by Crippen LogP contribution is 2.25. The Bertz CT molecular complexity index is 499. The largest absolute Gasteiger partial charge is 0.398 e. The van der Waals surface area contributed by atoms with Crippen LogP contribution in [0.3, 0.4) is 0 Å². The Labute approximate surface area is 100 Å². The van der Waals surface area contributed by atoms with Crippen molar-refractivity contribution in [3.05, 3.63) is 28.5 Å². The van der Waals surface area contributed by atoms with Crippen molar-refractivity contribution >= 4 is 21.6 Å². The van der Waals surface area contributed by atoms with Gasteiger partial charge < -0.3 is 15.4 Å². The number of aliphatic hydroxyl groups is 1. The van der Waals surface area contributed by atoms with Gasteiger partial charge in [-0.05, 0) is 34.1 Å². The summed E-state index contributed by atoms with van der Waals surface area (Å²) >= 11 is 3.31. The zero-order chi connectivity index (χ0) is 11.5. The van der Waals surface area contributed by atoms with E-state index >= 15 is 0 Å². The molecule has 16 heavy (non-hydrogen) atoms. The minimum Gasteiger partial charge on any atom is -0.398 e. The van der Waals surface area contributed by atoms with Crippen LogP contribution in [-0.4, -0.2) is 21.9 Å². The van der Waals surface area contributed by atoms with Crippen molar-refractivity contribution in [3.63, 3.8) is 0 Å². The maximum atomic E-state index is 8.73. The van der Waals surface area contributed by atoms with E-state index in [0.29, 0.717) is 23.8 Å². The fourth-order valence-electron chi connectivity index (χ4n) is 1.25. The summed E-state index contributed by atoms with van der Waals surface area (Å²) in [6.45, 7) is 0.00144. The molecule has 6 heteroatoms. The molecule has 0 atom stereocenters. The highest BCUT2D eigenvalue weighted by atomic mass is 79.9. The summed E-state index contributed by atoms with van der Waals surface area (Å²) in [5, 5.41) is 12.5. The average molecular weight is 284 g/mol. The topological polar surface area (TPSA) is 85.2 Å². The average Bonchev–Trinajstić information content (AvgIpc) is 2.71. The first-order valence-electron chi connectivity index (χ1n) is 4.69. The van der Waals surface area contributed by atoms with Gasteiger partial charge in [0.25, 0.3) is 5.89 Å². The Morgan fingerprint density at radius 2 is 2.25 bits per heavy atom. The zero-order valence-corrected chi connectivity index (χ0v) is 9.94. The molecule has 1 heterocycles. The molecule has 84 valence electrons. The van der Waals surface area contributed by atoms with E-state index < -0.39 is 0 Å². The number of halogens is 1. The summed E-state index contributed by atoms with van der Waals surface area (Å²) < 4.78 is 5.88. The summed E-state index contributed by atoms with van der Waals surface area (Å²) in [6, 6.07) is 5.40. The number of aromatic nitrogens is 2. The number of nitrogens with two attached hydrogens (primary N) is 1. The molecule has 3 N–H and O–H groups in total. The number of hydrogen-bond donors (Lipinski definition) is 2. The molecule has 0 unspecified atom stereocenters. The maximum absolute atomic E-state index is 8.73. The van der Waals surface area contributed by atoms with Crippen LogP contribution >= 0.6 is 15.9 Å². The van der Waals surface area contributed by atoms with E-state index in [1.165, 1.54) is 0 Å². The lowest BCUT2D eigenvalue weighted by atomic mass is 10.2. The molecule has 0 amide bonds. The molecule has 0 fully saturated rings. The third-order valence-corrected chi connectivity index (χ3v) is 2.77. The number of aliphatic hydroxyl groups excluding tert-OH is 1. The van der Waals surface area contributed by atoms with Gasteiger partial charge in [-0.1, -0.05) is 5.16 Å². The van der Waals surface area contributed by atoms with Gasteiger partial charge in [-0.25, -0.2) is 0 Å². The minimum absolute atomic E-state index is 0.00144. The SMILES string of the molecule is Nc1cc(-c2nc(CCO)no2)ccc1Br. The first kappa shape index (κ1) is 11.1. The molecule has 0 aliphatic heterocycles. The highest BCUT2D eigenvalue weighted by Gasteiger charge is 2.09. The molecule has 0 radical (unpaired) electrons. The van der Waals surface area contributed by atoms with Crippen LogP contribution in [0.15, 0.2) is 27.2 Å². The monoisotopic (exact) mass is 283 g/mol. The number of hydrogen-bond acceptors (Lipinski definition) is 5. The van der Waals surface area contributed by atoms with E-state index in [2.05, 4.69) is 26.1 Å². The zero-order valence-electron chi connectivity index (χ0n) is 8.35. The molecule has 0 bridgehead atoms. The molecule has 1 aromatic heterocycles. The fourth-order valence-corrected chi connectivity index (χ4v) is 1.50. The van der Waals surface area contributed by atoms with E-state index in [4.69, 9.17) is 15.4 Å². The lowest BCUT2D eigenvalue weighted by Gasteiger charge is -1.99. The lowest BCUT2D eigenvalue weighted by Crippen LogP contribution is -1.92. The van der Waals surface area contributed by atoms with Gasteiger partial charge in [0.2, 0.25) is 0 Å². The molecule has 2 aromatic rings. The smallest absolute Gasteiger partial charge is 0.257 e. The molecule has 0 saturated carbocycles. The van der Waals surface area contributed by atoms with Gasteiger partial charge in [-0.3, -0.25) is 0 Å². The van der Waals surface area contributed by atoms with Gasteiger partial charge in [0.05, 0.1) is 6.61 Å². The molecule has 0 saturated heterocycles. The van der Waals surface area contributed by atoms with Crippen molar-refractivity contribution < 1.29 is 9.63 Å². The van der Waals surface area contributed by atoms with Crippen molar-refractivity contribution in [2.24, 2.45) is 0 Å². The van der Waals surface area contributed by atoms with Crippen molar-refractivity contribution in [1.29, 1.82) is 0 Å². The van der Waals surface area contributed by atoms with E-state index in [0.717, 1.165) is 10.0 Å². The van der Waals surface area contributed by atoms with Crippen LogP contribution in [0.2, 0.25) is 0 Å². The molecule has 0 aliphatic carbocycles. The van der Waals surface area contributed by atoms with Gasteiger partial charge in [0, 0.05) is 22.1 Å². The van der Waals surface area contributed by atoms with Gasteiger partial charge >= 0.3 is 0 Å². The number of rotatable bonds is 3. The first-order chi connectivity index (χ1) is 7.70. The Morgan fingerprint density at radius 1 is 1.44 bits per heavy atom. The van der Waals surface area contributed by atoms with Crippen LogP contribution in [0.25, 0.3) is 11.5 Å². The van der Waals surface area contributed by atoms with Crippen LogP contribution in [0, 0.1) is 0 Å². The summed E-state index contributed by atoms with van der Waals surface area (Å²) in [7, 11) is 0. The van der Waals surface area contributed by atoms with Gasteiger partial charge in [0.15, 0.2) is 5.82 Å². The molecule has 0 spiro atoms. The van der Waals surface area contributed by atoms with Crippen molar-refractivity contribution in [1.82, 2.24) is 10.1 Å². The Morgan fingerprint density at radius 3 is 2.94 bits per heavy atom. The van der Waals surface area contributed by atoms with E-state index in [-0.39, 0.29) is 6.61 Å². The number of anilines is 1. The predicted octanol–water partition coefficient (Wildman–Crippen LogP) is 1.62. The van der Waals surface area contributed by atoms with Gasteiger partial charge in [0.1, 0.15) is 0 Å². The normalized spacial score (nSPS) is 10.6. The van der Waals surface area contributed by atoms with E-state index in [1.54, 1.807) is 6.07 Å². The summed E-state index contributed by atoms with van der Waals surface area (Å²) in [4.78, 5) is 4.13. The molecular formula is C10H10BrN3O2. The lowest BCUT2D eigenvalue weighted by molar-refractivity contribution is 0.293. The quantitative estimate of drug-likeness (QED) is 0.836. The number of nitrogen functional groups attached to an aromatic ring is 1. The Balaban J connectivity index is 2.31. The second-order valence-corrected chi connectivity index (χ2v) is 4.08. The van der Waals surface area contributed by atoms with Crippen molar-refractivity contribution in [3.8, 4) is 11.5 Å². The van der Waals surface area contributed by atoms with E-state index in [9.17, 15) is 0 Å². The Hall–Kier alpha value is -1.40. The maximum Gasteiger partial charge on any atom is 0.257 e. The molecule has 1 aromatic carbocycles. The van der Waals surface area contributed by atoms with Crippen LogP contribution in [-0.2, 0) is 6.42 Å². The van der Waals surface area contributed by atoms with E-state index in [1.807, 2.05) is 12.1 Å². The van der Waals surface area contributed by atoms with Crippen LogP contribution < -0.4 is 5.73 Å². The summed E-state index contributed by atoms with van der Waals surface area (Å²) in [5.41, 5.74) is 7.12. The molecule has 5 nitrogen and oxygen atoms in total. The van der Waals surface area contributed by atoms with Crippen molar-refractivity contribution in [2.75, 3.05) is 12.3 Å². The first-order valence-corrected chi connectivity index (χ1v) is 5.49. The molecule has 0 aliphatic rings. The second kappa shape index (κ2) is 4.63. The van der Waals surface area contributed by atoms with Gasteiger partial charge in [-0.15, -0.1) is 0 Å². The number of benzene rings is 1. The van der Waals surface area contributed by atoms with Crippen LogP contribution in [0.1, 0.15) is 5.82 Å². The summed E-state index contributed by atoms with van der Waals surface area (Å²) in [5.74, 6) is 0.890. The Kier molecular flexibility index (Phi) is 3.21. The third kappa shape index (κ3) is 2.23. The summed E-state index contributed by atoms with van der Waals surface area (Å²) in [6.07, 6.45) is 0.384. The predicted molar refractivity (Wildman–Crippen MR) is 62.6 cm³/mol. The number of nitrogens with zero attached hydrogens (tertiary/aromatic N) is 2. The minimum atomic E-state index is 0.00144. The van der Waals surface area contributed by atoms with Crippen molar-refractivity contribution in [2.45, 2.75) is 6.42 Å². The van der Waals surface area contributed by atoms with Gasteiger partial charge in [-0.2, -0.15) is 4.98 Å². The third-order valence-electron chi connectivity index (χ3n) is 2.05. The fraction of sp³-hybridized carbons (Fsp3) is 0.200. The highest BCUT2D eigenvalue weighted by molar-refractivity contribution is 9.10. The molecule has 2 rings (SSSR count). The molecular weight excluding hydrogens is 274 g/mol. The van der Waals surface area contributed by atoms with Crippen LogP contribution in [0.5, 0.6) is 0 Å².